The lowest BCUT2D eigenvalue weighted by Crippen LogP contribution is -1.75. The number of rotatable bonds is 0. The topological polar surface area (TPSA) is 41.6 Å². The van der Waals surface area contributed by atoms with Crippen molar-refractivity contribution in [2.24, 2.45) is 0 Å². The lowest BCUT2D eigenvalue weighted by molar-refractivity contribution is 1.09. The molecule has 0 radical (unpaired) electrons. The lowest BCUT2D eigenvalue weighted by Gasteiger charge is -1.86. The molecule has 50 valence electrons. The van der Waals surface area contributed by atoms with Gasteiger partial charge in [-0.25, -0.2) is 4.98 Å². The standard InChI is InChI=1S/C6H4BrN3/c7-5-2-1-4-3-8-10-6(4)9-5/h1-3H,(H,8,9,10). The molecule has 0 aromatic carbocycles. The van der Waals surface area contributed by atoms with E-state index in [1.165, 1.54) is 0 Å². The highest BCUT2D eigenvalue weighted by atomic mass is 79.9. The van der Waals surface area contributed by atoms with Gasteiger partial charge < -0.3 is 0 Å². The predicted octanol–water partition coefficient (Wildman–Crippen LogP) is 1.72. The fourth-order valence-electron chi connectivity index (χ4n) is 0.803. The maximum atomic E-state index is 4.13. The van der Waals surface area contributed by atoms with Gasteiger partial charge in [0, 0.05) is 5.39 Å². The minimum Gasteiger partial charge on any atom is -0.261 e. The smallest absolute Gasteiger partial charge is 0.156 e. The molecule has 4 heteroatoms. The van der Waals surface area contributed by atoms with Crippen molar-refractivity contribution in [1.82, 2.24) is 15.2 Å². The second-order valence-corrected chi connectivity index (χ2v) is 2.75. The average molecular weight is 198 g/mol. The molecule has 2 aromatic rings. The maximum absolute atomic E-state index is 4.13. The van der Waals surface area contributed by atoms with Crippen LogP contribution in [0.5, 0.6) is 0 Å². The molecule has 0 saturated carbocycles. The summed E-state index contributed by atoms with van der Waals surface area (Å²) >= 11 is 3.26. The zero-order valence-electron chi connectivity index (χ0n) is 5.00. The van der Waals surface area contributed by atoms with E-state index in [4.69, 9.17) is 0 Å². The number of hydrogen-bond donors (Lipinski definition) is 1. The summed E-state index contributed by atoms with van der Waals surface area (Å²) in [4.78, 5) is 4.13. The highest BCUT2D eigenvalue weighted by molar-refractivity contribution is 9.10. The minimum atomic E-state index is 0.814. The summed E-state index contributed by atoms with van der Waals surface area (Å²) in [6.45, 7) is 0. The van der Waals surface area contributed by atoms with Crippen molar-refractivity contribution in [3.63, 3.8) is 0 Å². The molecule has 0 unspecified atom stereocenters. The van der Waals surface area contributed by atoms with Crippen LogP contribution in [-0.2, 0) is 0 Å². The van der Waals surface area contributed by atoms with Crippen molar-refractivity contribution in [2.75, 3.05) is 0 Å². The Balaban J connectivity index is 2.86. The van der Waals surface area contributed by atoms with Gasteiger partial charge in [-0.15, -0.1) is 0 Å². The Labute approximate surface area is 65.6 Å². The number of halogens is 1. The molecule has 10 heavy (non-hydrogen) atoms. The van der Waals surface area contributed by atoms with E-state index in [1.54, 1.807) is 6.20 Å². The Morgan fingerprint density at radius 1 is 1.40 bits per heavy atom. The third kappa shape index (κ3) is 0.806. The minimum absolute atomic E-state index is 0.814. The number of pyridine rings is 1. The first-order valence-corrected chi connectivity index (χ1v) is 3.61. The molecule has 0 aliphatic rings. The van der Waals surface area contributed by atoms with Crippen LogP contribution in [-0.4, -0.2) is 15.2 Å². The van der Waals surface area contributed by atoms with E-state index >= 15 is 0 Å². The van der Waals surface area contributed by atoms with Crippen molar-refractivity contribution in [1.29, 1.82) is 0 Å². The number of fused-ring (bicyclic) bond motifs is 1. The van der Waals surface area contributed by atoms with E-state index < -0.39 is 0 Å². The van der Waals surface area contributed by atoms with E-state index in [2.05, 4.69) is 31.1 Å². The van der Waals surface area contributed by atoms with Gasteiger partial charge in [0.25, 0.3) is 0 Å². The SMILES string of the molecule is Brc1ccc2cn[nH]c2n1. The Hall–Kier alpha value is -0.900. The first-order chi connectivity index (χ1) is 4.86. The van der Waals surface area contributed by atoms with E-state index in [0.717, 1.165) is 15.6 Å². The van der Waals surface area contributed by atoms with Crippen molar-refractivity contribution in [2.45, 2.75) is 0 Å². The van der Waals surface area contributed by atoms with E-state index in [9.17, 15) is 0 Å². The monoisotopic (exact) mass is 197 g/mol. The molecule has 2 heterocycles. The summed E-state index contributed by atoms with van der Waals surface area (Å²) in [5.41, 5.74) is 0.814. The van der Waals surface area contributed by atoms with Crippen LogP contribution in [0.15, 0.2) is 22.9 Å². The molecule has 0 saturated heterocycles. The van der Waals surface area contributed by atoms with Gasteiger partial charge in [0.15, 0.2) is 5.65 Å². The van der Waals surface area contributed by atoms with E-state index in [-0.39, 0.29) is 0 Å². The van der Waals surface area contributed by atoms with Gasteiger partial charge in [-0.3, -0.25) is 5.10 Å². The molecular weight excluding hydrogens is 194 g/mol. The fraction of sp³-hybridized carbons (Fsp3) is 0. The largest absolute Gasteiger partial charge is 0.261 e. The van der Waals surface area contributed by atoms with Crippen LogP contribution in [0.2, 0.25) is 0 Å². The van der Waals surface area contributed by atoms with Crippen molar-refractivity contribution >= 4 is 27.0 Å². The van der Waals surface area contributed by atoms with Crippen molar-refractivity contribution < 1.29 is 0 Å². The van der Waals surface area contributed by atoms with Crippen LogP contribution in [0, 0.1) is 0 Å². The highest BCUT2D eigenvalue weighted by Crippen LogP contribution is 2.11. The Bertz CT molecular complexity index is 355. The van der Waals surface area contributed by atoms with E-state index in [0.29, 0.717) is 0 Å². The number of nitrogens with one attached hydrogen (secondary N) is 1. The molecule has 2 rings (SSSR count). The summed E-state index contributed by atoms with van der Waals surface area (Å²) in [6, 6.07) is 3.84. The Morgan fingerprint density at radius 2 is 2.30 bits per heavy atom. The number of hydrogen-bond acceptors (Lipinski definition) is 2. The molecule has 0 spiro atoms. The third-order valence-electron chi connectivity index (χ3n) is 1.27. The van der Waals surface area contributed by atoms with Gasteiger partial charge in [-0.2, -0.15) is 5.10 Å². The normalized spacial score (nSPS) is 10.5. The van der Waals surface area contributed by atoms with Gasteiger partial charge in [0.2, 0.25) is 0 Å². The Kier molecular flexibility index (Phi) is 1.20. The van der Waals surface area contributed by atoms with Crippen LogP contribution in [0.1, 0.15) is 0 Å². The van der Waals surface area contributed by atoms with Gasteiger partial charge in [0.1, 0.15) is 4.60 Å². The number of H-pyrrole nitrogens is 1. The van der Waals surface area contributed by atoms with Crippen molar-refractivity contribution in [3.8, 4) is 0 Å². The summed E-state index contributed by atoms with van der Waals surface area (Å²) < 4.78 is 0.823. The van der Waals surface area contributed by atoms with Crippen LogP contribution >= 0.6 is 15.9 Å². The zero-order valence-corrected chi connectivity index (χ0v) is 6.59. The van der Waals surface area contributed by atoms with Crippen LogP contribution in [0.3, 0.4) is 0 Å². The summed E-state index contributed by atoms with van der Waals surface area (Å²) in [5, 5.41) is 7.63. The first kappa shape index (κ1) is 5.85. The third-order valence-corrected chi connectivity index (χ3v) is 1.71. The first-order valence-electron chi connectivity index (χ1n) is 2.82. The molecule has 2 aromatic heterocycles. The van der Waals surface area contributed by atoms with Crippen LogP contribution in [0.25, 0.3) is 11.0 Å². The molecule has 0 amide bonds. The summed E-state index contributed by atoms with van der Waals surface area (Å²) in [7, 11) is 0. The van der Waals surface area contributed by atoms with E-state index in [1.807, 2.05) is 12.1 Å². The molecule has 3 nitrogen and oxygen atoms in total. The van der Waals surface area contributed by atoms with Gasteiger partial charge in [0.05, 0.1) is 6.20 Å². The number of aromatic amines is 1. The molecule has 0 bridgehead atoms. The molecule has 0 atom stereocenters. The quantitative estimate of drug-likeness (QED) is 0.654. The van der Waals surface area contributed by atoms with Gasteiger partial charge in [-0.1, -0.05) is 0 Å². The van der Waals surface area contributed by atoms with Crippen LogP contribution in [0.4, 0.5) is 0 Å². The summed E-state index contributed by atoms with van der Waals surface area (Å²) in [6.07, 6.45) is 1.74. The number of nitrogens with zero attached hydrogens (tertiary/aromatic N) is 2. The fourth-order valence-corrected chi connectivity index (χ4v) is 1.11. The molecule has 0 aliphatic heterocycles. The molecule has 0 fully saturated rings. The van der Waals surface area contributed by atoms with Gasteiger partial charge in [-0.05, 0) is 28.1 Å². The van der Waals surface area contributed by atoms with Gasteiger partial charge >= 0.3 is 0 Å². The lowest BCUT2D eigenvalue weighted by atomic mass is 10.4. The molecule has 1 N–H and O–H groups in total. The summed E-state index contributed by atoms with van der Waals surface area (Å²) in [5.74, 6) is 0. The number of aromatic nitrogens is 3. The Morgan fingerprint density at radius 3 is 3.20 bits per heavy atom. The second-order valence-electron chi connectivity index (χ2n) is 1.94. The maximum Gasteiger partial charge on any atom is 0.156 e. The zero-order chi connectivity index (χ0) is 6.97. The highest BCUT2D eigenvalue weighted by Gasteiger charge is 1.94. The predicted molar refractivity (Wildman–Crippen MR) is 41.6 cm³/mol. The second kappa shape index (κ2) is 2.05. The average Bonchev–Trinajstić information content (AvgIpc) is 2.33. The van der Waals surface area contributed by atoms with Crippen LogP contribution < -0.4 is 0 Å². The molecular formula is C6H4BrN3. The molecule has 0 aliphatic carbocycles. The van der Waals surface area contributed by atoms with Crippen molar-refractivity contribution in [3.05, 3.63) is 22.9 Å².